The molecule has 0 fully saturated rings. The van der Waals surface area contributed by atoms with Crippen molar-refractivity contribution in [3.63, 3.8) is 0 Å². The van der Waals surface area contributed by atoms with Crippen LogP contribution >= 0.6 is 0 Å². The zero-order chi connectivity index (χ0) is 13.1. The summed E-state index contributed by atoms with van der Waals surface area (Å²) < 4.78 is 11.1. The summed E-state index contributed by atoms with van der Waals surface area (Å²) in [5, 5.41) is 0. The Labute approximate surface area is 114 Å². The van der Waals surface area contributed by atoms with Gasteiger partial charge in [-0.05, 0) is 36.0 Å². The molecular weight excluding hydrogens is 236 g/mol. The lowest BCUT2D eigenvalue weighted by atomic mass is 9.90. The number of fused-ring (bicyclic) bond motifs is 1. The van der Waals surface area contributed by atoms with Gasteiger partial charge in [0, 0.05) is 6.07 Å². The van der Waals surface area contributed by atoms with Gasteiger partial charge in [0.05, 0.1) is 13.7 Å². The maximum Gasteiger partial charge on any atom is 0.126 e. The number of hydrogen-bond acceptors (Lipinski definition) is 2. The summed E-state index contributed by atoms with van der Waals surface area (Å²) in [5.41, 5.74) is 2.67. The van der Waals surface area contributed by atoms with Crippen LogP contribution in [-0.2, 0) is 6.42 Å². The van der Waals surface area contributed by atoms with E-state index >= 15 is 0 Å². The Balaban J connectivity index is 1.89. The fourth-order valence-corrected chi connectivity index (χ4v) is 2.65. The molecule has 3 rings (SSSR count). The molecule has 2 heteroatoms. The largest absolute Gasteiger partial charge is 0.497 e. The maximum absolute atomic E-state index is 5.86. The van der Waals surface area contributed by atoms with Crippen molar-refractivity contribution in [1.82, 2.24) is 0 Å². The van der Waals surface area contributed by atoms with Gasteiger partial charge in [0.2, 0.25) is 0 Å². The molecular formula is C17H18O2. The Morgan fingerprint density at radius 1 is 1.11 bits per heavy atom. The molecule has 0 spiro atoms. The first-order valence-electron chi connectivity index (χ1n) is 6.71. The second kappa shape index (κ2) is 5.35. The molecule has 1 aliphatic heterocycles. The van der Waals surface area contributed by atoms with Gasteiger partial charge in [0.25, 0.3) is 0 Å². The zero-order valence-electron chi connectivity index (χ0n) is 11.1. The third-order valence-corrected chi connectivity index (χ3v) is 3.74. The monoisotopic (exact) mass is 254 g/mol. The second-order valence-corrected chi connectivity index (χ2v) is 4.92. The van der Waals surface area contributed by atoms with Crippen LogP contribution in [0.5, 0.6) is 11.5 Å². The van der Waals surface area contributed by atoms with Crippen LogP contribution < -0.4 is 9.47 Å². The summed E-state index contributed by atoms with van der Waals surface area (Å²) in [5.74, 6) is 2.37. The van der Waals surface area contributed by atoms with Crippen LogP contribution in [0, 0.1) is 0 Å². The normalized spacial score (nSPS) is 18.1. The Morgan fingerprint density at radius 3 is 2.74 bits per heavy atom. The molecule has 0 aliphatic carbocycles. The average Bonchev–Trinajstić information content (AvgIpc) is 2.69. The fraction of sp³-hybridized carbons (Fsp3) is 0.294. The molecule has 0 saturated carbocycles. The smallest absolute Gasteiger partial charge is 0.126 e. The summed E-state index contributed by atoms with van der Waals surface area (Å²) in [6, 6.07) is 16.8. The molecule has 0 radical (unpaired) electrons. The van der Waals surface area contributed by atoms with E-state index in [4.69, 9.17) is 9.47 Å². The molecule has 0 aromatic heterocycles. The van der Waals surface area contributed by atoms with Crippen molar-refractivity contribution in [2.24, 2.45) is 0 Å². The molecule has 0 amide bonds. The van der Waals surface area contributed by atoms with E-state index in [1.165, 1.54) is 11.1 Å². The Kier molecular flexibility index (Phi) is 3.41. The van der Waals surface area contributed by atoms with Crippen molar-refractivity contribution >= 4 is 0 Å². The van der Waals surface area contributed by atoms with Crippen LogP contribution in [0.25, 0.3) is 0 Å². The van der Waals surface area contributed by atoms with Crippen molar-refractivity contribution < 1.29 is 9.47 Å². The standard InChI is InChI=1S/C17H18O2/c1-18-16-8-7-15-11-14(9-10-19-17(15)12-16)13-5-3-2-4-6-13/h2-8,12,14H,9-11H2,1H3/t14-/m0/s1. The molecule has 19 heavy (non-hydrogen) atoms. The first-order valence-corrected chi connectivity index (χ1v) is 6.71. The van der Waals surface area contributed by atoms with Gasteiger partial charge in [0.15, 0.2) is 0 Å². The Hall–Kier alpha value is -1.96. The predicted molar refractivity (Wildman–Crippen MR) is 76.0 cm³/mol. The van der Waals surface area contributed by atoms with Crippen LogP contribution in [0.15, 0.2) is 48.5 Å². The summed E-state index contributed by atoms with van der Waals surface area (Å²) in [4.78, 5) is 0. The van der Waals surface area contributed by atoms with Gasteiger partial charge in [-0.1, -0.05) is 36.4 Å². The lowest BCUT2D eigenvalue weighted by Gasteiger charge is -2.13. The van der Waals surface area contributed by atoms with Crippen LogP contribution in [-0.4, -0.2) is 13.7 Å². The Morgan fingerprint density at radius 2 is 1.95 bits per heavy atom. The van der Waals surface area contributed by atoms with E-state index < -0.39 is 0 Å². The van der Waals surface area contributed by atoms with E-state index in [9.17, 15) is 0 Å². The molecule has 1 atom stereocenters. The minimum atomic E-state index is 0.538. The maximum atomic E-state index is 5.86. The molecule has 0 bridgehead atoms. The van der Waals surface area contributed by atoms with E-state index in [1.807, 2.05) is 12.1 Å². The number of ether oxygens (including phenoxy) is 2. The minimum absolute atomic E-state index is 0.538. The number of rotatable bonds is 2. The van der Waals surface area contributed by atoms with Crippen LogP contribution in [0.3, 0.4) is 0 Å². The Bertz CT molecular complexity index is 548. The number of hydrogen-bond donors (Lipinski definition) is 0. The van der Waals surface area contributed by atoms with E-state index in [0.717, 1.165) is 30.9 Å². The highest BCUT2D eigenvalue weighted by atomic mass is 16.5. The van der Waals surface area contributed by atoms with Crippen LogP contribution in [0.2, 0.25) is 0 Å². The molecule has 98 valence electrons. The quantitative estimate of drug-likeness (QED) is 0.811. The van der Waals surface area contributed by atoms with Gasteiger partial charge in [0.1, 0.15) is 11.5 Å². The lowest BCUT2D eigenvalue weighted by molar-refractivity contribution is 0.308. The fourth-order valence-electron chi connectivity index (χ4n) is 2.65. The lowest BCUT2D eigenvalue weighted by Crippen LogP contribution is -2.03. The van der Waals surface area contributed by atoms with E-state index in [-0.39, 0.29) is 0 Å². The SMILES string of the molecule is COc1ccc2c(c1)OCC[C@H](c1ccccc1)C2. The predicted octanol–water partition coefficient (Wildman–Crippen LogP) is 3.80. The summed E-state index contributed by atoms with van der Waals surface area (Å²) in [7, 11) is 1.69. The first-order chi connectivity index (χ1) is 9.36. The van der Waals surface area contributed by atoms with Crippen LogP contribution in [0.4, 0.5) is 0 Å². The molecule has 2 aromatic carbocycles. The van der Waals surface area contributed by atoms with Gasteiger partial charge in [-0.3, -0.25) is 0 Å². The van der Waals surface area contributed by atoms with Crippen molar-refractivity contribution in [2.45, 2.75) is 18.8 Å². The van der Waals surface area contributed by atoms with Gasteiger partial charge in [-0.2, -0.15) is 0 Å². The minimum Gasteiger partial charge on any atom is -0.497 e. The van der Waals surface area contributed by atoms with E-state index in [1.54, 1.807) is 7.11 Å². The zero-order valence-corrected chi connectivity index (χ0v) is 11.1. The number of methoxy groups -OCH3 is 1. The summed E-state index contributed by atoms with van der Waals surface area (Å²) >= 11 is 0. The molecule has 0 N–H and O–H groups in total. The van der Waals surface area contributed by atoms with Crippen molar-refractivity contribution in [2.75, 3.05) is 13.7 Å². The summed E-state index contributed by atoms with van der Waals surface area (Å²) in [6.45, 7) is 0.764. The third-order valence-electron chi connectivity index (χ3n) is 3.74. The van der Waals surface area contributed by atoms with Gasteiger partial charge >= 0.3 is 0 Å². The van der Waals surface area contributed by atoms with Gasteiger partial charge in [-0.25, -0.2) is 0 Å². The topological polar surface area (TPSA) is 18.5 Å². The van der Waals surface area contributed by atoms with Gasteiger partial charge in [-0.15, -0.1) is 0 Å². The molecule has 0 saturated heterocycles. The highest BCUT2D eigenvalue weighted by molar-refractivity contribution is 5.42. The molecule has 2 aromatic rings. The number of benzene rings is 2. The van der Waals surface area contributed by atoms with E-state index in [2.05, 4.69) is 36.4 Å². The molecule has 1 heterocycles. The highest BCUT2D eigenvalue weighted by Gasteiger charge is 2.19. The van der Waals surface area contributed by atoms with Crippen LogP contribution in [0.1, 0.15) is 23.5 Å². The molecule has 1 aliphatic rings. The van der Waals surface area contributed by atoms with E-state index in [0.29, 0.717) is 5.92 Å². The van der Waals surface area contributed by atoms with Crippen molar-refractivity contribution in [3.8, 4) is 11.5 Å². The molecule has 2 nitrogen and oxygen atoms in total. The molecule has 0 unspecified atom stereocenters. The second-order valence-electron chi connectivity index (χ2n) is 4.92. The first kappa shape index (κ1) is 12.1. The van der Waals surface area contributed by atoms with Crippen molar-refractivity contribution in [3.05, 3.63) is 59.7 Å². The van der Waals surface area contributed by atoms with Gasteiger partial charge < -0.3 is 9.47 Å². The average molecular weight is 254 g/mol. The highest BCUT2D eigenvalue weighted by Crippen LogP contribution is 2.34. The third kappa shape index (κ3) is 2.58. The summed E-state index contributed by atoms with van der Waals surface area (Å²) in [6.07, 6.45) is 2.09. The van der Waals surface area contributed by atoms with Crippen molar-refractivity contribution in [1.29, 1.82) is 0 Å².